The second-order valence-electron chi connectivity index (χ2n) is 12.7. The normalized spacial score (nSPS) is 46.9. The highest BCUT2D eigenvalue weighted by Gasteiger charge is 2.59. The Morgan fingerprint density at radius 1 is 0.793 bits per heavy atom. The first kappa shape index (κ1) is 22.0. The van der Waals surface area contributed by atoms with E-state index in [-0.39, 0.29) is 0 Å². The average Bonchev–Trinajstić information content (AvgIpc) is 3.05. The summed E-state index contributed by atoms with van der Waals surface area (Å²) >= 11 is 0. The number of hydrogen-bond donors (Lipinski definition) is 0. The Bertz CT molecular complexity index is 587. The molecule has 0 radical (unpaired) electrons. The molecule has 9 unspecified atom stereocenters. The molecule has 4 aliphatic rings. The van der Waals surface area contributed by atoms with E-state index in [1.807, 2.05) is 0 Å². The Labute approximate surface area is 182 Å². The van der Waals surface area contributed by atoms with Crippen molar-refractivity contribution in [2.45, 2.75) is 112 Å². The summed E-state index contributed by atoms with van der Waals surface area (Å²) in [6.45, 7) is 15.1. The molecule has 166 valence electrons. The molecule has 0 saturated heterocycles. The third-order valence-electron chi connectivity index (χ3n) is 11.3. The van der Waals surface area contributed by atoms with Crippen LogP contribution in [-0.2, 0) is 0 Å². The van der Waals surface area contributed by atoms with Crippen molar-refractivity contribution in [3.63, 3.8) is 0 Å². The molecule has 0 aliphatic heterocycles. The lowest BCUT2D eigenvalue weighted by atomic mass is 9.44. The molecule has 4 aliphatic carbocycles. The Balaban J connectivity index is 1.50. The minimum absolute atomic E-state index is 0.613. The van der Waals surface area contributed by atoms with E-state index in [1.54, 1.807) is 32.1 Å². The largest absolute Gasteiger partial charge is 0.0851 e. The fraction of sp³-hybridized carbons (Fsp3) is 0.931. The topological polar surface area (TPSA) is 0 Å². The van der Waals surface area contributed by atoms with Crippen LogP contribution in [0.3, 0.4) is 0 Å². The minimum atomic E-state index is 0.613. The molecule has 0 spiro atoms. The molecule has 0 bridgehead atoms. The lowest BCUT2D eigenvalue weighted by molar-refractivity contribution is -0.112. The molecule has 0 heterocycles. The van der Waals surface area contributed by atoms with Gasteiger partial charge in [0.2, 0.25) is 0 Å². The fourth-order valence-electron chi connectivity index (χ4n) is 9.48. The second-order valence-corrected chi connectivity index (χ2v) is 12.7. The predicted octanol–water partition coefficient (Wildman–Crippen LogP) is 8.91. The van der Waals surface area contributed by atoms with Gasteiger partial charge in [0.1, 0.15) is 0 Å². The molecule has 0 N–H and O–H groups in total. The molecular weight excluding hydrogens is 348 g/mol. The van der Waals surface area contributed by atoms with Crippen molar-refractivity contribution in [2.75, 3.05) is 0 Å². The Kier molecular flexibility index (Phi) is 6.32. The van der Waals surface area contributed by atoms with Gasteiger partial charge in [-0.2, -0.15) is 0 Å². The third kappa shape index (κ3) is 3.67. The van der Waals surface area contributed by atoms with E-state index in [9.17, 15) is 0 Å². The molecule has 0 heteroatoms. The molecule has 4 fully saturated rings. The van der Waals surface area contributed by atoms with Crippen molar-refractivity contribution in [1.29, 1.82) is 0 Å². The minimum Gasteiger partial charge on any atom is -0.0851 e. The molecular formula is C29H50. The van der Waals surface area contributed by atoms with E-state index in [4.69, 9.17) is 0 Å². The van der Waals surface area contributed by atoms with E-state index in [2.05, 4.69) is 53.7 Å². The smallest absolute Gasteiger partial charge is 0.0213 e. The summed E-state index contributed by atoms with van der Waals surface area (Å²) in [6, 6.07) is 0. The van der Waals surface area contributed by atoms with Crippen LogP contribution in [-0.4, -0.2) is 0 Å². The van der Waals surface area contributed by atoms with Crippen LogP contribution in [0.15, 0.2) is 12.2 Å². The van der Waals surface area contributed by atoms with Crippen LogP contribution in [0, 0.1) is 58.2 Å². The maximum Gasteiger partial charge on any atom is -0.0213 e. The average molecular weight is 399 g/mol. The zero-order valence-electron chi connectivity index (χ0n) is 20.6. The molecule has 29 heavy (non-hydrogen) atoms. The van der Waals surface area contributed by atoms with Gasteiger partial charge in [-0.25, -0.2) is 0 Å². The third-order valence-corrected chi connectivity index (χ3v) is 11.3. The van der Waals surface area contributed by atoms with Gasteiger partial charge in [-0.15, -0.1) is 0 Å². The molecule has 4 rings (SSSR count). The quantitative estimate of drug-likeness (QED) is 0.405. The van der Waals surface area contributed by atoms with Gasteiger partial charge in [0, 0.05) is 0 Å². The van der Waals surface area contributed by atoms with Crippen molar-refractivity contribution in [3.8, 4) is 0 Å². The summed E-state index contributed by atoms with van der Waals surface area (Å²) in [5, 5.41) is 0. The van der Waals surface area contributed by atoms with Gasteiger partial charge in [-0.3, -0.25) is 0 Å². The molecule has 0 aromatic heterocycles. The van der Waals surface area contributed by atoms with E-state index >= 15 is 0 Å². The van der Waals surface area contributed by atoms with Crippen LogP contribution in [0.5, 0.6) is 0 Å². The van der Waals surface area contributed by atoms with Crippen molar-refractivity contribution < 1.29 is 0 Å². The first-order valence-corrected chi connectivity index (χ1v) is 13.5. The monoisotopic (exact) mass is 398 g/mol. The van der Waals surface area contributed by atoms with E-state index in [1.165, 1.54) is 38.5 Å². The molecule has 4 saturated carbocycles. The fourth-order valence-corrected chi connectivity index (χ4v) is 9.48. The first-order chi connectivity index (χ1) is 13.8. The van der Waals surface area contributed by atoms with Crippen LogP contribution in [0.1, 0.15) is 112 Å². The summed E-state index contributed by atoms with van der Waals surface area (Å²) in [5.74, 6) is 7.40. The van der Waals surface area contributed by atoms with Gasteiger partial charge in [0.15, 0.2) is 0 Å². The van der Waals surface area contributed by atoms with Gasteiger partial charge >= 0.3 is 0 Å². The lowest BCUT2D eigenvalue weighted by Gasteiger charge is -2.60. The van der Waals surface area contributed by atoms with Gasteiger partial charge in [-0.05, 0) is 116 Å². The van der Waals surface area contributed by atoms with Crippen LogP contribution >= 0.6 is 0 Å². The standard InChI is InChI=1S/C29H50/c1-7-22(20(2)3)12-11-21(4)25-15-16-26-24-14-13-23-10-8-9-18-28(23,5)27(24)17-19-29(25,26)6/h11-12,20-27H,7-10,13-19H2,1-6H3/b12-11+. The van der Waals surface area contributed by atoms with Gasteiger partial charge in [0.05, 0.1) is 0 Å². The maximum atomic E-state index is 2.73. The molecule has 0 aromatic rings. The van der Waals surface area contributed by atoms with Gasteiger partial charge < -0.3 is 0 Å². The highest BCUT2D eigenvalue weighted by atomic mass is 14.6. The van der Waals surface area contributed by atoms with Crippen LogP contribution in [0.4, 0.5) is 0 Å². The second kappa shape index (κ2) is 8.35. The SMILES string of the molecule is CCC(/C=C/C(C)C1CCC2C3CCC4CCCCC4(C)C3CCC12C)C(C)C. The predicted molar refractivity (Wildman–Crippen MR) is 127 cm³/mol. The zero-order valence-corrected chi connectivity index (χ0v) is 20.6. The molecule has 0 amide bonds. The first-order valence-electron chi connectivity index (χ1n) is 13.5. The van der Waals surface area contributed by atoms with Crippen molar-refractivity contribution in [3.05, 3.63) is 12.2 Å². The van der Waals surface area contributed by atoms with Crippen LogP contribution < -0.4 is 0 Å². The molecule has 0 nitrogen and oxygen atoms in total. The summed E-state index contributed by atoms with van der Waals surface area (Å²) in [7, 11) is 0. The van der Waals surface area contributed by atoms with Crippen molar-refractivity contribution in [2.24, 2.45) is 58.2 Å². The summed E-state index contributed by atoms with van der Waals surface area (Å²) in [6.07, 6.45) is 21.8. The lowest BCUT2D eigenvalue weighted by Crippen LogP contribution is -2.53. The number of hydrogen-bond acceptors (Lipinski definition) is 0. The van der Waals surface area contributed by atoms with Crippen LogP contribution in [0.2, 0.25) is 0 Å². The van der Waals surface area contributed by atoms with E-state index < -0.39 is 0 Å². The molecule has 9 atom stereocenters. The van der Waals surface area contributed by atoms with Gasteiger partial charge in [0.25, 0.3) is 0 Å². The Morgan fingerprint density at radius 2 is 1.55 bits per heavy atom. The highest BCUT2D eigenvalue weighted by molar-refractivity contribution is 5.11. The maximum absolute atomic E-state index is 2.73. The number of rotatable bonds is 5. The highest BCUT2D eigenvalue weighted by Crippen LogP contribution is 2.68. The van der Waals surface area contributed by atoms with Crippen LogP contribution in [0.25, 0.3) is 0 Å². The number of fused-ring (bicyclic) bond motifs is 5. The summed E-state index contributed by atoms with van der Waals surface area (Å²) in [5.41, 5.74) is 1.31. The van der Waals surface area contributed by atoms with Crippen molar-refractivity contribution >= 4 is 0 Å². The molecule has 0 aromatic carbocycles. The van der Waals surface area contributed by atoms with E-state index in [0.717, 1.165) is 47.3 Å². The Morgan fingerprint density at radius 3 is 2.28 bits per heavy atom. The summed E-state index contributed by atoms with van der Waals surface area (Å²) < 4.78 is 0. The van der Waals surface area contributed by atoms with Crippen molar-refractivity contribution in [1.82, 2.24) is 0 Å². The van der Waals surface area contributed by atoms with E-state index in [0.29, 0.717) is 10.8 Å². The summed E-state index contributed by atoms with van der Waals surface area (Å²) in [4.78, 5) is 0. The number of allylic oxidation sites excluding steroid dienone is 2. The Hall–Kier alpha value is -0.260. The van der Waals surface area contributed by atoms with Gasteiger partial charge in [-0.1, -0.05) is 66.5 Å². The zero-order chi connectivity index (χ0) is 20.8.